The average Bonchev–Trinajstić information content (AvgIpc) is 2.87. The van der Waals surface area contributed by atoms with Gasteiger partial charge < -0.3 is 5.32 Å². The summed E-state index contributed by atoms with van der Waals surface area (Å²) in [6, 6.07) is 8.94. The smallest absolute Gasteiger partial charge is 0.0972 e. The SMILES string of the molecule is CCCNC(C)c1cnc(Cc2ccccc2C)s1. The van der Waals surface area contributed by atoms with Crippen molar-refractivity contribution < 1.29 is 0 Å². The van der Waals surface area contributed by atoms with Gasteiger partial charge in [0.1, 0.15) is 0 Å². The Balaban J connectivity index is 2.03. The van der Waals surface area contributed by atoms with Gasteiger partial charge in [-0.05, 0) is 37.9 Å². The summed E-state index contributed by atoms with van der Waals surface area (Å²) in [5.74, 6) is 0. The Morgan fingerprint density at radius 2 is 2.11 bits per heavy atom. The summed E-state index contributed by atoms with van der Waals surface area (Å²) in [7, 11) is 0. The first kappa shape index (κ1) is 14.2. The van der Waals surface area contributed by atoms with Crippen LogP contribution in [-0.4, -0.2) is 11.5 Å². The van der Waals surface area contributed by atoms with Crippen molar-refractivity contribution in [1.29, 1.82) is 0 Å². The lowest BCUT2D eigenvalue weighted by molar-refractivity contribution is 0.577. The predicted molar refractivity (Wildman–Crippen MR) is 82.8 cm³/mol. The van der Waals surface area contributed by atoms with Crippen LogP contribution in [0.1, 0.15) is 47.3 Å². The van der Waals surface area contributed by atoms with Gasteiger partial charge in [0, 0.05) is 23.5 Å². The number of aryl methyl sites for hydroxylation is 1. The molecular weight excluding hydrogens is 252 g/mol. The minimum atomic E-state index is 0.406. The maximum atomic E-state index is 4.56. The molecule has 102 valence electrons. The van der Waals surface area contributed by atoms with E-state index in [1.807, 2.05) is 17.5 Å². The van der Waals surface area contributed by atoms with Crippen LogP contribution in [0, 0.1) is 6.92 Å². The van der Waals surface area contributed by atoms with E-state index in [0.717, 1.165) is 13.0 Å². The van der Waals surface area contributed by atoms with Gasteiger partial charge in [-0.25, -0.2) is 4.98 Å². The summed E-state index contributed by atoms with van der Waals surface area (Å²) in [5, 5.41) is 4.71. The van der Waals surface area contributed by atoms with Crippen molar-refractivity contribution >= 4 is 11.3 Å². The Morgan fingerprint density at radius 1 is 1.32 bits per heavy atom. The molecule has 2 rings (SSSR count). The summed E-state index contributed by atoms with van der Waals surface area (Å²) in [6.45, 7) is 7.62. The van der Waals surface area contributed by atoms with Crippen molar-refractivity contribution in [1.82, 2.24) is 10.3 Å². The molecule has 3 heteroatoms. The number of nitrogens with one attached hydrogen (secondary N) is 1. The highest BCUT2D eigenvalue weighted by molar-refractivity contribution is 7.11. The van der Waals surface area contributed by atoms with Gasteiger partial charge in [0.05, 0.1) is 5.01 Å². The second-order valence-electron chi connectivity index (χ2n) is 4.94. The second-order valence-corrected chi connectivity index (χ2v) is 6.08. The van der Waals surface area contributed by atoms with Crippen molar-refractivity contribution in [2.75, 3.05) is 6.54 Å². The number of hydrogen-bond acceptors (Lipinski definition) is 3. The van der Waals surface area contributed by atoms with Crippen LogP contribution in [0.25, 0.3) is 0 Å². The van der Waals surface area contributed by atoms with E-state index >= 15 is 0 Å². The van der Waals surface area contributed by atoms with Crippen molar-refractivity contribution in [3.05, 3.63) is 51.5 Å². The van der Waals surface area contributed by atoms with Gasteiger partial charge >= 0.3 is 0 Å². The largest absolute Gasteiger partial charge is 0.309 e. The van der Waals surface area contributed by atoms with Crippen LogP contribution in [0.3, 0.4) is 0 Å². The third-order valence-corrected chi connectivity index (χ3v) is 4.48. The highest BCUT2D eigenvalue weighted by atomic mass is 32.1. The van der Waals surface area contributed by atoms with E-state index in [1.54, 1.807) is 0 Å². The Bertz CT molecular complexity index is 519. The molecular formula is C16H22N2S. The van der Waals surface area contributed by atoms with E-state index in [1.165, 1.54) is 27.4 Å². The normalized spacial score (nSPS) is 12.6. The minimum absolute atomic E-state index is 0.406. The summed E-state index contributed by atoms with van der Waals surface area (Å²) in [6.07, 6.45) is 4.13. The molecule has 0 fully saturated rings. The standard InChI is InChI=1S/C16H22N2S/c1-4-9-17-13(3)15-11-18-16(19-15)10-14-8-6-5-7-12(14)2/h5-8,11,13,17H,4,9-10H2,1-3H3. The zero-order chi connectivity index (χ0) is 13.7. The zero-order valence-electron chi connectivity index (χ0n) is 11.9. The summed E-state index contributed by atoms with van der Waals surface area (Å²) in [4.78, 5) is 5.89. The topological polar surface area (TPSA) is 24.9 Å². The van der Waals surface area contributed by atoms with Crippen molar-refractivity contribution in [3.8, 4) is 0 Å². The maximum absolute atomic E-state index is 4.56. The van der Waals surface area contributed by atoms with Crippen LogP contribution in [-0.2, 0) is 6.42 Å². The summed E-state index contributed by atoms with van der Waals surface area (Å²) >= 11 is 1.82. The van der Waals surface area contributed by atoms with Gasteiger partial charge in [-0.15, -0.1) is 11.3 Å². The van der Waals surface area contributed by atoms with Gasteiger partial charge in [-0.2, -0.15) is 0 Å². The average molecular weight is 274 g/mol. The lowest BCUT2D eigenvalue weighted by Crippen LogP contribution is -2.18. The number of rotatable bonds is 6. The van der Waals surface area contributed by atoms with Gasteiger partial charge in [-0.1, -0.05) is 31.2 Å². The van der Waals surface area contributed by atoms with Crippen molar-refractivity contribution in [2.24, 2.45) is 0 Å². The molecule has 1 heterocycles. The lowest BCUT2D eigenvalue weighted by Gasteiger charge is -2.09. The molecule has 0 aliphatic rings. The Morgan fingerprint density at radius 3 is 2.84 bits per heavy atom. The predicted octanol–water partition coefficient (Wildman–Crippen LogP) is 4.10. The fourth-order valence-corrected chi connectivity index (χ4v) is 3.01. The van der Waals surface area contributed by atoms with Crippen LogP contribution < -0.4 is 5.32 Å². The van der Waals surface area contributed by atoms with E-state index in [0.29, 0.717) is 6.04 Å². The first-order valence-corrected chi connectivity index (χ1v) is 7.75. The van der Waals surface area contributed by atoms with Crippen LogP contribution >= 0.6 is 11.3 Å². The molecule has 0 radical (unpaired) electrons. The fourth-order valence-electron chi connectivity index (χ4n) is 2.04. The molecule has 1 atom stereocenters. The number of benzene rings is 1. The summed E-state index contributed by atoms with van der Waals surface area (Å²) < 4.78 is 0. The number of thiazole rings is 1. The Kier molecular flexibility index (Phi) is 5.11. The van der Waals surface area contributed by atoms with Gasteiger partial charge in [-0.3, -0.25) is 0 Å². The van der Waals surface area contributed by atoms with E-state index < -0.39 is 0 Å². The van der Waals surface area contributed by atoms with Crippen LogP contribution in [0.4, 0.5) is 0 Å². The quantitative estimate of drug-likeness (QED) is 0.857. The first-order chi connectivity index (χ1) is 9.20. The Hall–Kier alpha value is -1.19. The van der Waals surface area contributed by atoms with Crippen LogP contribution in [0.2, 0.25) is 0 Å². The van der Waals surface area contributed by atoms with E-state index in [2.05, 4.69) is 55.3 Å². The highest BCUT2D eigenvalue weighted by Gasteiger charge is 2.10. The number of hydrogen-bond donors (Lipinski definition) is 1. The van der Waals surface area contributed by atoms with E-state index in [4.69, 9.17) is 0 Å². The van der Waals surface area contributed by atoms with E-state index in [9.17, 15) is 0 Å². The molecule has 0 saturated carbocycles. The van der Waals surface area contributed by atoms with Crippen molar-refractivity contribution in [2.45, 2.75) is 39.7 Å². The highest BCUT2D eigenvalue weighted by Crippen LogP contribution is 2.23. The molecule has 1 unspecified atom stereocenters. The van der Waals surface area contributed by atoms with Crippen LogP contribution in [0.15, 0.2) is 30.5 Å². The second kappa shape index (κ2) is 6.83. The molecule has 1 aromatic heterocycles. The zero-order valence-corrected chi connectivity index (χ0v) is 12.8. The minimum Gasteiger partial charge on any atom is -0.309 e. The summed E-state index contributed by atoms with van der Waals surface area (Å²) in [5.41, 5.74) is 2.72. The molecule has 0 aliphatic carbocycles. The number of aromatic nitrogens is 1. The van der Waals surface area contributed by atoms with Gasteiger partial charge in [0.25, 0.3) is 0 Å². The fraction of sp³-hybridized carbons (Fsp3) is 0.438. The molecule has 0 spiro atoms. The molecule has 2 nitrogen and oxygen atoms in total. The molecule has 2 aromatic rings. The molecule has 1 N–H and O–H groups in total. The molecule has 0 bridgehead atoms. The number of nitrogens with zero attached hydrogens (tertiary/aromatic N) is 1. The molecule has 0 amide bonds. The third kappa shape index (κ3) is 3.88. The molecule has 19 heavy (non-hydrogen) atoms. The monoisotopic (exact) mass is 274 g/mol. The first-order valence-electron chi connectivity index (χ1n) is 6.93. The third-order valence-electron chi connectivity index (χ3n) is 3.30. The van der Waals surface area contributed by atoms with E-state index in [-0.39, 0.29) is 0 Å². The van der Waals surface area contributed by atoms with Gasteiger partial charge in [0.2, 0.25) is 0 Å². The lowest BCUT2D eigenvalue weighted by atomic mass is 10.1. The molecule has 1 aromatic carbocycles. The molecule has 0 aliphatic heterocycles. The van der Waals surface area contributed by atoms with Crippen LogP contribution in [0.5, 0.6) is 0 Å². The van der Waals surface area contributed by atoms with Crippen molar-refractivity contribution in [3.63, 3.8) is 0 Å². The Labute approximate surface area is 119 Å². The van der Waals surface area contributed by atoms with Gasteiger partial charge in [0.15, 0.2) is 0 Å². The molecule has 0 saturated heterocycles. The maximum Gasteiger partial charge on any atom is 0.0972 e.